The van der Waals surface area contributed by atoms with Crippen LogP contribution in [0.2, 0.25) is 0 Å². The minimum absolute atomic E-state index is 0.0399. The molecule has 1 unspecified atom stereocenters. The monoisotopic (exact) mass is 357 g/mol. The highest BCUT2D eigenvalue weighted by Gasteiger charge is 2.31. The molecule has 5 nitrogen and oxygen atoms in total. The Hall–Kier alpha value is -0.890. The van der Waals surface area contributed by atoms with Gasteiger partial charge in [-0.3, -0.25) is 4.79 Å². The summed E-state index contributed by atoms with van der Waals surface area (Å²) in [6.07, 6.45) is 1.03. The molecule has 9 heteroatoms. The van der Waals surface area contributed by atoms with Crippen molar-refractivity contribution in [3.05, 3.63) is 29.8 Å². The predicted octanol–water partition coefficient (Wildman–Crippen LogP) is 1.17. The molecule has 21 heavy (non-hydrogen) atoms. The molecule has 0 heterocycles. The first-order chi connectivity index (χ1) is 9.60. The number of alkyl halides is 3. The molecule has 1 rings (SSSR count). The van der Waals surface area contributed by atoms with Crippen LogP contribution < -0.4 is 5.32 Å². The van der Waals surface area contributed by atoms with E-state index < -0.39 is 39.4 Å². The number of rotatable bonds is 6. The molecular weight excluding hydrogens is 344 g/mol. The lowest BCUT2D eigenvalue weighted by molar-refractivity contribution is -0.121. The lowest BCUT2D eigenvalue weighted by Gasteiger charge is -2.26. The fraction of sp³-hybridized carbons (Fsp3) is 0.417. The molecular formula is C12H14Cl2FNO4S. The van der Waals surface area contributed by atoms with Crippen molar-refractivity contribution in [3.8, 4) is 0 Å². The number of halogens is 3. The number of sulfone groups is 1. The van der Waals surface area contributed by atoms with Gasteiger partial charge in [0.25, 0.3) is 5.91 Å². The molecule has 0 aromatic heterocycles. The second kappa shape index (κ2) is 6.91. The molecule has 0 saturated carbocycles. The van der Waals surface area contributed by atoms with E-state index in [1.54, 1.807) is 0 Å². The van der Waals surface area contributed by atoms with E-state index in [1.165, 1.54) is 24.3 Å². The summed E-state index contributed by atoms with van der Waals surface area (Å²) in [5, 5.41) is 12.4. The molecule has 0 radical (unpaired) electrons. The average Bonchev–Trinajstić information content (AvgIpc) is 2.43. The van der Waals surface area contributed by atoms with E-state index in [0.29, 0.717) is 0 Å². The summed E-state index contributed by atoms with van der Waals surface area (Å²) in [6, 6.07) is 5.06. The highest BCUT2D eigenvalue weighted by atomic mass is 35.5. The number of hydrogen-bond acceptors (Lipinski definition) is 4. The second-order valence-electron chi connectivity index (χ2n) is 4.48. The van der Waals surface area contributed by atoms with Gasteiger partial charge >= 0.3 is 0 Å². The maximum absolute atomic E-state index is 13.1. The standard InChI is InChI=1S/C12H14Cl2FNO4S/c1-21(19,20)9-4-2-8(3-5-9)12(18,6-15)7-16-11(17)10(13)14/h2-5,10,18H,6-7H2,1H3,(H,16,17). The highest BCUT2D eigenvalue weighted by molar-refractivity contribution is 7.90. The molecule has 2 N–H and O–H groups in total. The van der Waals surface area contributed by atoms with Crippen molar-refractivity contribution in [2.24, 2.45) is 0 Å². The molecule has 0 saturated heterocycles. The zero-order chi connectivity index (χ0) is 16.3. The van der Waals surface area contributed by atoms with Crippen molar-refractivity contribution in [2.45, 2.75) is 15.3 Å². The van der Waals surface area contributed by atoms with Crippen molar-refractivity contribution in [2.75, 3.05) is 19.5 Å². The predicted molar refractivity (Wildman–Crippen MR) is 77.9 cm³/mol. The van der Waals surface area contributed by atoms with E-state index in [0.717, 1.165) is 6.26 Å². The van der Waals surface area contributed by atoms with Crippen LogP contribution in [0.15, 0.2) is 29.2 Å². The molecule has 0 aliphatic rings. The SMILES string of the molecule is CS(=O)(=O)c1ccc(C(O)(CF)CNC(=O)C(Cl)Cl)cc1. The van der Waals surface area contributed by atoms with Crippen molar-refractivity contribution >= 4 is 38.9 Å². The lowest BCUT2D eigenvalue weighted by atomic mass is 9.95. The van der Waals surface area contributed by atoms with Gasteiger partial charge in [-0.25, -0.2) is 12.8 Å². The van der Waals surface area contributed by atoms with Crippen molar-refractivity contribution in [1.82, 2.24) is 5.32 Å². The fourth-order valence-corrected chi connectivity index (χ4v) is 2.33. The van der Waals surface area contributed by atoms with Crippen LogP contribution in [-0.2, 0) is 20.2 Å². The van der Waals surface area contributed by atoms with Gasteiger partial charge in [0.15, 0.2) is 14.7 Å². The number of hydrogen-bond donors (Lipinski definition) is 2. The molecule has 1 atom stereocenters. The summed E-state index contributed by atoms with van der Waals surface area (Å²) < 4.78 is 35.8. The number of nitrogens with one attached hydrogen (secondary N) is 1. The Labute approximate surface area is 132 Å². The molecule has 0 aliphatic carbocycles. The smallest absolute Gasteiger partial charge is 0.253 e. The number of amides is 1. The first-order valence-electron chi connectivity index (χ1n) is 5.75. The zero-order valence-electron chi connectivity index (χ0n) is 11.0. The van der Waals surface area contributed by atoms with Crippen LogP contribution in [0.25, 0.3) is 0 Å². The molecule has 0 fully saturated rings. The van der Waals surface area contributed by atoms with Gasteiger partial charge in [0, 0.05) is 6.26 Å². The van der Waals surface area contributed by atoms with Crippen LogP contribution >= 0.6 is 23.2 Å². The number of aliphatic hydroxyl groups is 1. The largest absolute Gasteiger partial charge is 0.381 e. The lowest BCUT2D eigenvalue weighted by Crippen LogP contribution is -2.43. The van der Waals surface area contributed by atoms with E-state index in [4.69, 9.17) is 23.2 Å². The Balaban J connectivity index is 2.95. The zero-order valence-corrected chi connectivity index (χ0v) is 13.3. The third-order valence-electron chi connectivity index (χ3n) is 2.79. The van der Waals surface area contributed by atoms with Gasteiger partial charge in [0.05, 0.1) is 11.4 Å². The van der Waals surface area contributed by atoms with Gasteiger partial charge in [-0.1, -0.05) is 35.3 Å². The fourth-order valence-electron chi connectivity index (χ4n) is 1.55. The van der Waals surface area contributed by atoms with Crippen molar-refractivity contribution < 1.29 is 22.7 Å². The van der Waals surface area contributed by atoms with E-state index in [9.17, 15) is 22.7 Å². The summed E-state index contributed by atoms with van der Waals surface area (Å²) in [6.45, 7) is -1.63. The van der Waals surface area contributed by atoms with Gasteiger partial charge < -0.3 is 10.4 Å². The summed E-state index contributed by atoms with van der Waals surface area (Å²) >= 11 is 10.7. The molecule has 118 valence electrons. The highest BCUT2D eigenvalue weighted by Crippen LogP contribution is 2.23. The Morgan fingerprint density at radius 3 is 2.29 bits per heavy atom. The van der Waals surface area contributed by atoms with E-state index in [1.807, 2.05) is 0 Å². The number of benzene rings is 1. The first kappa shape index (κ1) is 18.2. The summed E-state index contributed by atoms with van der Waals surface area (Å²) in [7, 11) is -3.39. The third kappa shape index (κ3) is 4.81. The van der Waals surface area contributed by atoms with Gasteiger partial charge in [-0.15, -0.1) is 0 Å². The van der Waals surface area contributed by atoms with Crippen LogP contribution in [-0.4, -0.2) is 43.7 Å². The average molecular weight is 358 g/mol. The van der Waals surface area contributed by atoms with Crippen LogP contribution in [0.4, 0.5) is 4.39 Å². The van der Waals surface area contributed by atoms with E-state index >= 15 is 0 Å². The van der Waals surface area contributed by atoms with Crippen LogP contribution in [0.1, 0.15) is 5.56 Å². The topological polar surface area (TPSA) is 83.5 Å². The first-order valence-corrected chi connectivity index (χ1v) is 8.51. The second-order valence-corrected chi connectivity index (χ2v) is 7.59. The third-order valence-corrected chi connectivity index (χ3v) is 4.32. The minimum atomic E-state index is -3.39. The molecule has 0 aliphatic heterocycles. The Morgan fingerprint density at radius 1 is 1.38 bits per heavy atom. The van der Waals surface area contributed by atoms with Crippen molar-refractivity contribution in [3.63, 3.8) is 0 Å². The Bertz CT molecular complexity index is 606. The maximum Gasteiger partial charge on any atom is 0.253 e. The van der Waals surface area contributed by atoms with Crippen LogP contribution in [0.3, 0.4) is 0 Å². The molecule has 0 bridgehead atoms. The van der Waals surface area contributed by atoms with E-state index in [2.05, 4.69) is 5.32 Å². The van der Waals surface area contributed by atoms with Gasteiger partial charge in [-0.05, 0) is 17.7 Å². The van der Waals surface area contributed by atoms with Gasteiger partial charge in [0.1, 0.15) is 12.3 Å². The maximum atomic E-state index is 13.1. The van der Waals surface area contributed by atoms with Gasteiger partial charge in [-0.2, -0.15) is 0 Å². The molecule has 1 aromatic carbocycles. The Kier molecular flexibility index (Phi) is 5.98. The number of carbonyl (C=O) groups excluding carboxylic acids is 1. The summed E-state index contributed by atoms with van der Waals surface area (Å²) in [5.74, 6) is -0.766. The number of carbonyl (C=O) groups is 1. The summed E-state index contributed by atoms with van der Waals surface area (Å²) in [4.78, 5) is 9.94. The van der Waals surface area contributed by atoms with Crippen LogP contribution in [0.5, 0.6) is 0 Å². The summed E-state index contributed by atoms with van der Waals surface area (Å²) in [5.41, 5.74) is -1.87. The van der Waals surface area contributed by atoms with Gasteiger partial charge in [0.2, 0.25) is 0 Å². The van der Waals surface area contributed by atoms with Crippen molar-refractivity contribution in [1.29, 1.82) is 0 Å². The molecule has 1 aromatic rings. The van der Waals surface area contributed by atoms with E-state index in [-0.39, 0.29) is 10.5 Å². The molecule has 1 amide bonds. The molecule has 0 spiro atoms. The Morgan fingerprint density at radius 2 is 1.90 bits per heavy atom. The minimum Gasteiger partial charge on any atom is -0.381 e. The van der Waals surface area contributed by atoms with Crippen LogP contribution in [0, 0.1) is 0 Å². The normalized spacial score (nSPS) is 14.8. The quantitative estimate of drug-likeness (QED) is 0.748.